The summed E-state index contributed by atoms with van der Waals surface area (Å²) >= 11 is -0.358. The molecule has 12 nitrogen and oxygen atoms in total. The minimum atomic E-state index is -4.55. The van der Waals surface area contributed by atoms with E-state index in [4.69, 9.17) is 0 Å². The Morgan fingerprint density at radius 2 is 1.30 bits per heavy atom. The number of carbonyl (C=O) groups excluding carboxylic acids is 2. The van der Waals surface area contributed by atoms with Crippen LogP contribution in [0.2, 0.25) is 0 Å². The number of anilines is 3. The van der Waals surface area contributed by atoms with Crippen molar-refractivity contribution in [1.29, 1.82) is 0 Å². The van der Waals surface area contributed by atoms with Crippen molar-refractivity contribution in [3.63, 3.8) is 0 Å². The van der Waals surface area contributed by atoms with E-state index in [0.29, 0.717) is 0 Å². The van der Waals surface area contributed by atoms with Crippen LogP contribution in [0, 0.1) is 0 Å². The van der Waals surface area contributed by atoms with Gasteiger partial charge in [0.2, 0.25) is 20.0 Å². The first kappa shape index (κ1) is 33.0. The Labute approximate surface area is 256 Å². The lowest BCUT2D eigenvalue weighted by Gasteiger charge is -2.39. The molecule has 4 rings (SSSR count). The molecule has 3 aromatic rings. The number of imide groups is 1. The number of alkyl halides is 3. The van der Waals surface area contributed by atoms with Gasteiger partial charge in [-0.05, 0) is 59.3 Å². The molecule has 236 valence electrons. The number of benzene rings is 1. The van der Waals surface area contributed by atoms with Crippen molar-refractivity contribution < 1.29 is 39.6 Å². The third-order valence-electron chi connectivity index (χ3n) is 7.00. The highest BCUT2D eigenvalue weighted by molar-refractivity contribution is 8.00. The Morgan fingerprint density at radius 3 is 1.70 bits per heavy atom. The topological polar surface area (TPSA) is 168 Å². The summed E-state index contributed by atoms with van der Waals surface area (Å²) in [6.45, 7) is 3.16. The fraction of sp³-hybridized carbons (Fsp3) is 0.308. The average molecular weight is 673 g/mol. The molecule has 1 fully saturated rings. The van der Waals surface area contributed by atoms with Crippen LogP contribution >= 0.6 is 11.8 Å². The Balaban J connectivity index is 1.89. The zero-order chi connectivity index (χ0) is 32.7. The van der Waals surface area contributed by atoms with E-state index in [1.54, 1.807) is 13.8 Å². The van der Waals surface area contributed by atoms with Crippen molar-refractivity contribution in [2.75, 3.05) is 26.9 Å². The van der Waals surface area contributed by atoms with Crippen molar-refractivity contribution in [2.24, 2.45) is 0 Å². The van der Waals surface area contributed by atoms with E-state index < -0.39 is 54.9 Å². The molecule has 3 N–H and O–H groups in total. The maximum atomic E-state index is 14.5. The van der Waals surface area contributed by atoms with Crippen LogP contribution in [-0.2, 0) is 24.8 Å². The summed E-state index contributed by atoms with van der Waals surface area (Å²) in [5.74, 6) is -2.81. The fourth-order valence-corrected chi connectivity index (χ4v) is 6.86. The van der Waals surface area contributed by atoms with Gasteiger partial charge in [-0.3, -0.25) is 24.2 Å². The van der Waals surface area contributed by atoms with Crippen molar-refractivity contribution >= 4 is 60.8 Å². The van der Waals surface area contributed by atoms with Gasteiger partial charge in [0.25, 0.3) is 5.91 Å². The first-order valence-electron chi connectivity index (χ1n) is 12.7. The minimum Gasteiger partial charge on any atom is -0.322 e. The lowest BCUT2D eigenvalue weighted by atomic mass is 9.69. The molecular formula is C26H27F3N6O6S3. The van der Waals surface area contributed by atoms with E-state index in [-0.39, 0.29) is 44.8 Å². The zero-order valence-corrected chi connectivity index (χ0v) is 26.0. The molecule has 2 atom stereocenters. The second-order valence-electron chi connectivity index (χ2n) is 10.1. The lowest BCUT2D eigenvalue weighted by molar-refractivity contribution is -0.123. The van der Waals surface area contributed by atoms with Crippen molar-refractivity contribution in [3.8, 4) is 0 Å². The third-order valence-corrected chi connectivity index (χ3v) is 8.92. The van der Waals surface area contributed by atoms with Gasteiger partial charge in [-0.1, -0.05) is 13.8 Å². The summed E-state index contributed by atoms with van der Waals surface area (Å²) in [6.07, 6.45) is 7.08. The standard InChI is InChI=1S/C26H27F3N6O6S3/c1-15(19-9-11-30-13-21(19)33-43(3,38)39)25(16(2)20-10-12-31-14-22(20)34-44(4,40)41)23(36)35(24(37)32-25)17-5-7-18(8-6-17)42-26(27,28)29/h5-16,33-34H,1-4H3,(H,32,37). The van der Waals surface area contributed by atoms with Gasteiger partial charge in [0.1, 0.15) is 5.54 Å². The number of hydrogen-bond acceptors (Lipinski definition) is 9. The van der Waals surface area contributed by atoms with Gasteiger partial charge in [0.15, 0.2) is 0 Å². The van der Waals surface area contributed by atoms with E-state index in [1.807, 2.05) is 0 Å². The summed E-state index contributed by atoms with van der Waals surface area (Å²) < 4.78 is 92.0. The summed E-state index contributed by atoms with van der Waals surface area (Å²) in [4.78, 5) is 36.7. The number of sulfonamides is 2. The largest absolute Gasteiger partial charge is 0.446 e. The van der Waals surface area contributed by atoms with E-state index in [2.05, 4.69) is 24.7 Å². The number of urea groups is 1. The van der Waals surface area contributed by atoms with Gasteiger partial charge >= 0.3 is 11.5 Å². The normalized spacial score (nSPS) is 18.9. The maximum Gasteiger partial charge on any atom is 0.446 e. The number of nitrogens with one attached hydrogen (secondary N) is 3. The highest BCUT2D eigenvalue weighted by atomic mass is 32.2. The molecule has 2 aromatic heterocycles. The predicted molar refractivity (Wildman–Crippen MR) is 159 cm³/mol. The van der Waals surface area contributed by atoms with Crippen LogP contribution in [0.4, 0.5) is 35.0 Å². The number of thioether (sulfide) groups is 1. The molecule has 2 unspecified atom stereocenters. The molecule has 0 spiro atoms. The van der Waals surface area contributed by atoms with Crippen molar-refractivity contribution in [3.05, 3.63) is 72.3 Å². The molecule has 1 aliphatic rings. The van der Waals surface area contributed by atoms with Crippen LogP contribution in [0.3, 0.4) is 0 Å². The molecule has 1 aliphatic heterocycles. The molecule has 3 heterocycles. The second kappa shape index (κ2) is 11.9. The number of carbonyl (C=O) groups is 2. The molecule has 0 radical (unpaired) electrons. The average Bonchev–Trinajstić information content (AvgIpc) is 3.17. The van der Waals surface area contributed by atoms with Gasteiger partial charge < -0.3 is 5.32 Å². The third kappa shape index (κ3) is 7.07. The predicted octanol–water partition coefficient (Wildman–Crippen LogP) is 4.23. The van der Waals surface area contributed by atoms with Gasteiger partial charge in [-0.2, -0.15) is 13.2 Å². The van der Waals surface area contributed by atoms with Crippen molar-refractivity contribution in [2.45, 2.75) is 41.6 Å². The van der Waals surface area contributed by atoms with Crippen LogP contribution in [0.1, 0.15) is 36.8 Å². The quantitative estimate of drug-likeness (QED) is 0.211. The summed E-state index contributed by atoms with van der Waals surface area (Å²) in [5, 5.41) is 2.75. The molecule has 1 aromatic carbocycles. The second-order valence-corrected chi connectivity index (χ2v) is 14.7. The molecule has 0 bridgehead atoms. The molecule has 44 heavy (non-hydrogen) atoms. The Bertz CT molecular complexity index is 1720. The molecule has 3 amide bonds. The van der Waals surface area contributed by atoms with Crippen molar-refractivity contribution in [1.82, 2.24) is 15.3 Å². The molecule has 1 saturated heterocycles. The van der Waals surface area contributed by atoms with Gasteiger partial charge in [0, 0.05) is 29.1 Å². The monoisotopic (exact) mass is 672 g/mol. The zero-order valence-electron chi connectivity index (χ0n) is 23.6. The highest BCUT2D eigenvalue weighted by Gasteiger charge is 2.59. The highest BCUT2D eigenvalue weighted by Crippen LogP contribution is 2.48. The van der Waals surface area contributed by atoms with E-state index >= 15 is 0 Å². The maximum absolute atomic E-state index is 14.5. The molecule has 0 aliphatic carbocycles. The fourth-order valence-electron chi connectivity index (χ4n) is 5.18. The summed E-state index contributed by atoms with van der Waals surface area (Å²) in [7, 11) is -7.62. The van der Waals surface area contributed by atoms with Crippen LogP contribution in [0.25, 0.3) is 0 Å². The van der Waals surface area contributed by atoms with Crippen LogP contribution in [0.15, 0.2) is 66.1 Å². The summed E-state index contributed by atoms with van der Waals surface area (Å²) in [5.41, 5.74) is -5.84. The van der Waals surface area contributed by atoms with E-state index in [1.165, 1.54) is 49.1 Å². The van der Waals surface area contributed by atoms with Gasteiger partial charge in [-0.15, -0.1) is 0 Å². The number of hydrogen-bond donors (Lipinski definition) is 3. The molecule has 18 heteroatoms. The van der Waals surface area contributed by atoms with Crippen LogP contribution in [-0.4, -0.2) is 62.3 Å². The number of rotatable bonds is 10. The molecular weight excluding hydrogens is 646 g/mol. The van der Waals surface area contributed by atoms with Gasteiger partial charge in [-0.25, -0.2) is 26.5 Å². The Hall–Kier alpha value is -3.90. The number of amides is 3. The smallest absolute Gasteiger partial charge is 0.322 e. The first-order valence-corrected chi connectivity index (χ1v) is 17.3. The number of nitrogens with zero attached hydrogens (tertiary/aromatic N) is 3. The summed E-state index contributed by atoms with van der Waals surface area (Å²) in [6, 6.07) is 6.68. The number of aromatic nitrogens is 2. The van der Waals surface area contributed by atoms with E-state index in [0.717, 1.165) is 29.5 Å². The van der Waals surface area contributed by atoms with E-state index in [9.17, 15) is 39.6 Å². The first-order chi connectivity index (χ1) is 20.3. The van der Waals surface area contributed by atoms with Gasteiger partial charge in [0.05, 0.1) is 42.0 Å². The SMILES string of the molecule is CC(c1ccncc1NS(C)(=O)=O)C1(C(C)c2ccncc2NS(C)(=O)=O)NC(=O)N(c2ccc(SC(F)(F)F)cc2)C1=O. The molecule has 0 saturated carbocycles. The number of pyridine rings is 2. The minimum absolute atomic E-state index is 0.0197. The van der Waals surface area contributed by atoms with Crippen LogP contribution < -0.4 is 19.7 Å². The lowest BCUT2D eigenvalue weighted by Crippen LogP contribution is -2.55. The van der Waals surface area contributed by atoms with Crippen LogP contribution in [0.5, 0.6) is 0 Å². The Morgan fingerprint density at radius 1 is 0.841 bits per heavy atom. The Kier molecular flexibility index (Phi) is 8.92. The number of halogens is 3.